The average Bonchev–Trinajstić information content (AvgIpc) is 3.41. The van der Waals surface area contributed by atoms with Crippen molar-refractivity contribution in [3.8, 4) is 0 Å². The number of nitrogen functional groups attached to an aromatic ring is 1. The number of ether oxygens (including phenoxy) is 1. The minimum absolute atomic E-state index is 0.00666. The maximum absolute atomic E-state index is 12.8. The number of nitrogens with two attached hydrogens (primary N) is 1. The lowest BCUT2D eigenvalue weighted by atomic mass is 9.99. The average molecular weight is 468 g/mol. The van der Waals surface area contributed by atoms with Gasteiger partial charge >= 0.3 is 5.97 Å². The highest BCUT2D eigenvalue weighted by molar-refractivity contribution is 8.00. The molecule has 2 fully saturated rings. The third-order valence-electron chi connectivity index (χ3n) is 5.20. The van der Waals surface area contributed by atoms with Crippen LogP contribution < -0.4 is 11.1 Å². The van der Waals surface area contributed by atoms with Gasteiger partial charge in [0.1, 0.15) is 29.9 Å². The quantitative estimate of drug-likeness (QED) is 0.293. The van der Waals surface area contributed by atoms with Gasteiger partial charge in [-0.3, -0.25) is 14.5 Å². The number of thiazole rings is 1. The molecule has 3 aliphatic rings. The highest BCUT2D eigenvalue weighted by Crippen LogP contribution is 2.42. The second kappa shape index (κ2) is 8.85. The highest BCUT2D eigenvalue weighted by atomic mass is 32.2. The van der Waals surface area contributed by atoms with Crippen LogP contribution in [0.25, 0.3) is 0 Å². The van der Waals surface area contributed by atoms with E-state index in [1.54, 1.807) is 5.38 Å². The number of carbonyl (C=O) groups excluding carboxylic acids is 2. The molecule has 4 N–H and O–H groups in total. The first-order valence-electron chi connectivity index (χ1n) is 9.55. The number of β-lactam (4-membered cyclic amide) rings is 1. The van der Waals surface area contributed by atoms with Crippen molar-refractivity contribution >= 4 is 51.7 Å². The van der Waals surface area contributed by atoms with Gasteiger partial charge in [0.25, 0.3) is 11.8 Å². The lowest BCUT2D eigenvalue weighted by Crippen LogP contribution is -2.71. The van der Waals surface area contributed by atoms with E-state index in [1.165, 1.54) is 23.8 Å². The summed E-state index contributed by atoms with van der Waals surface area (Å²) in [6.45, 7) is 0.670. The Morgan fingerprint density at radius 3 is 2.94 bits per heavy atom. The molecule has 13 heteroatoms. The zero-order valence-corrected chi connectivity index (χ0v) is 18.2. The van der Waals surface area contributed by atoms with E-state index in [0.717, 1.165) is 24.2 Å². The van der Waals surface area contributed by atoms with Crippen molar-refractivity contribution < 1.29 is 29.1 Å². The molecule has 0 bridgehead atoms. The zero-order valence-electron chi connectivity index (χ0n) is 16.6. The summed E-state index contributed by atoms with van der Waals surface area (Å²) in [4.78, 5) is 47.5. The number of carboxylic acids is 1. The number of aliphatic carboxylic acids is 1. The standard InChI is InChI=1S/C18H21N5O6S2/c1-28-22-11(10-7-31-18(19)20-10)14(24)21-12-15(25)23-13(17(26)27)8(6-30-16(12)23)5-9-3-2-4-29-9/h7,9,12,16H,2-6H2,1H3,(H2,19,20)(H,21,24)(H,26,27)/b22-11-/t9?,12-,16-/m1/s1. The van der Waals surface area contributed by atoms with E-state index in [-0.39, 0.29) is 28.3 Å². The Morgan fingerprint density at radius 2 is 2.32 bits per heavy atom. The third kappa shape index (κ3) is 4.12. The van der Waals surface area contributed by atoms with Crippen LogP contribution >= 0.6 is 23.1 Å². The van der Waals surface area contributed by atoms with E-state index >= 15 is 0 Å². The Bertz CT molecular complexity index is 970. The Kier molecular flexibility index (Phi) is 6.16. The molecule has 2 amide bonds. The van der Waals surface area contributed by atoms with E-state index in [9.17, 15) is 19.5 Å². The number of carbonyl (C=O) groups is 3. The molecule has 0 aromatic carbocycles. The predicted octanol–water partition coefficient (Wildman–Crippen LogP) is 0.384. The number of nitrogens with zero attached hydrogens (tertiary/aromatic N) is 3. The summed E-state index contributed by atoms with van der Waals surface area (Å²) in [6, 6.07) is -0.880. The van der Waals surface area contributed by atoms with Crippen molar-refractivity contribution in [2.24, 2.45) is 5.16 Å². The molecule has 11 nitrogen and oxygen atoms in total. The second-order valence-electron chi connectivity index (χ2n) is 7.15. The summed E-state index contributed by atoms with van der Waals surface area (Å²) in [6.07, 6.45) is 2.28. The molecule has 31 heavy (non-hydrogen) atoms. The van der Waals surface area contributed by atoms with Crippen molar-refractivity contribution in [3.05, 3.63) is 22.3 Å². The number of thioether (sulfide) groups is 1. The van der Waals surface area contributed by atoms with Crippen LogP contribution in [0.4, 0.5) is 5.13 Å². The number of carboxylic acid groups (broad SMARTS) is 1. The lowest BCUT2D eigenvalue weighted by molar-refractivity contribution is -0.150. The van der Waals surface area contributed by atoms with Crippen molar-refractivity contribution in [2.75, 3.05) is 25.2 Å². The second-order valence-corrected chi connectivity index (χ2v) is 9.15. The largest absolute Gasteiger partial charge is 0.477 e. The number of hydrogen-bond acceptors (Lipinski definition) is 10. The van der Waals surface area contributed by atoms with Crippen LogP contribution in [0, 0.1) is 0 Å². The topological polar surface area (TPSA) is 156 Å². The molecular weight excluding hydrogens is 446 g/mol. The van der Waals surface area contributed by atoms with Crippen molar-refractivity contribution in [1.82, 2.24) is 15.2 Å². The normalized spacial score (nSPS) is 25.8. The number of rotatable bonds is 7. The highest BCUT2D eigenvalue weighted by Gasteiger charge is 2.54. The van der Waals surface area contributed by atoms with E-state index in [0.29, 0.717) is 24.4 Å². The van der Waals surface area contributed by atoms with Gasteiger partial charge in [-0.15, -0.1) is 23.1 Å². The third-order valence-corrected chi connectivity index (χ3v) is 7.21. The molecule has 3 aliphatic heterocycles. The van der Waals surface area contributed by atoms with Crippen LogP contribution in [0.15, 0.2) is 21.8 Å². The first-order valence-corrected chi connectivity index (χ1v) is 11.5. The number of fused-ring (bicyclic) bond motifs is 1. The van der Waals surface area contributed by atoms with Crippen LogP contribution in [-0.4, -0.2) is 75.5 Å². The number of nitrogens with one attached hydrogen (secondary N) is 1. The minimum Gasteiger partial charge on any atom is -0.477 e. The van der Waals surface area contributed by atoms with Crippen LogP contribution in [0.1, 0.15) is 25.0 Å². The fourth-order valence-electron chi connectivity index (χ4n) is 3.82. The fraction of sp³-hybridized carbons (Fsp3) is 0.500. The number of amides is 2. The summed E-state index contributed by atoms with van der Waals surface area (Å²) < 4.78 is 5.62. The monoisotopic (exact) mass is 467 g/mol. The van der Waals surface area contributed by atoms with Gasteiger partial charge in [-0.05, 0) is 24.8 Å². The van der Waals surface area contributed by atoms with Crippen LogP contribution in [-0.2, 0) is 24.0 Å². The molecule has 2 saturated heterocycles. The number of hydrogen-bond donors (Lipinski definition) is 3. The zero-order chi connectivity index (χ0) is 22.1. The number of oxime groups is 1. The lowest BCUT2D eigenvalue weighted by Gasteiger charge is -2.49. The molecule has 1 aromatic rings. The molecule has 1 unspecified atom stereocenters. The summed E-state index contributed by atoms with van der Waals surface area (Å²) in [5.41, 5.74) is 6.41. The first-order chi connectivity index (χ1) is 14.9. The van der Waals surface area contributed by atoms with Gasteiger partial charge in [0, 0.05) is 17.7 Å². The molecule has 4 heterocycles. The predicted molar refractivity (Wildman–Crippen MR) is 113 cm³/mol. The van der Waals surface area contributed by atoms with Gasteiger partial charge < -0.3 is 25.7 Å². The molecule has 0 radical (unpaired) electrons. The van der Waals surface area contributed by atoms with Gasteiger partial charge in [0.05, 0.1) is 6.10 Å². The SMILES string of the molecule is CO/N=C(\C(=O)N[C@@H]1C(=O)N2C(C(=O)O)=C(CC3CCCO3)CS[C@H]12)c1csc(N)n1. The van der Waals surface area contributed by atoms with Gasteiger partial charge in [-0.2, -0.15) is 0 Å². The Morgan fingerprint density at radius 1 is 1.52 bits per heavy atom. The van der Waals surface area contributed by atoms with E-state index in [1.807, 2.05) is 0 Å². The molecular formula is C18H21N5O6S2. The number of aromatic nitrogens is 1. The minimum atomic E-state index is -1.16. The maximum atomic E-state index is 12.8. The molecule has 0 aliphatic carbocycles. The van der Waals surface area contributed by atoms with Gasteiger partial charge in [0.15, 0.2) is 10.8 Å². The molecule has 0 saturated carbocycles. The molecule has 166 valence electrons. The van der Waals surface area contributed by atoms with E-state index < -0.39 is 29.2 Å². The summed E-state index contributed by atoms with van der Waals surface area (Å²) >= 11 is 2.55. The fourth-order valence-corrected chi connectivity index (χ4v) is 5.73. The smallest absolute Gasteiger partial charge is 0.352 e. The van der Waals surface area contributed by atoms with Crippen molar-refractivity contribution in [2.45, 2.75) is 36.8 Å². The van der Waals surface area contributed by atoms with Crippen LogP contribution in [0.5, 0.6) is 0 Å². The number of anilines is 1. The van der Waals surface area contributed by atoms with Crippen LogP contribution in [0.2, 0.25) is 0 Å². The Balaban J connectivity index is 1.50. The van der Waals surface area contributed by atoms with Crippen molar-refractivity contribution in [1.29, 1.82) is 0 Å². The first kappa shape index (κ1) is 21.6. The Labute approximate surface area is 185 Å². The molecule has 0 spiro atoms. The maximum Gasteiger partial charge on any atom is 0.352 e. The summed E-state index contributed by atoms with van der Waals surface area (Å²) in [5.74, 6) is -1.85. The summed E-state index contributed by atoms with van der Waals surface area (Å²) in [7, 11) is 1.29. The van der Waals surface area contributed by atoms with Crippen molar-refractivity contribution in [3.63, 3.8) is 0 Å². The molecule has 4 rings (SSSR count). The molecule has 1 aromatic heterocycles. The van der Waals surface area contributed by atoms with E-state index in [4.69, 9.17) is 15.3 Å². The summed E-state index contributed by atoms with van der Waals surface area (Å²) in [5, 5.41) is 17.4. The van der Waals surface area contributed by atoms with Gasteiger partial charge in [-0.1, -0.05) is 5.16 Å². The van der Waals surface area contributed by atoms with Crippen LogP contribution in [0.3, 0.4) is 0 Å². The molecule has 3 atom stereocenters. The van der Waals surface area contributed by atoms with E-state index in [2.05, 4.69) is 15.5 Å². The van der Waals surface area contributed by atoms with Gasteiger partial charge in [-0.25, -0.2) is 9.78 Å². The van der Waals surface area contributed by atoms with Gasteiger partial charge in [0.2, 0.25) is 0 Å². The Hall–Kier alpha value is -2.64.